The summed E-state index contributed by atoms with van der Waals surface area (Å²) in [5.41, 5.74) is 8.52. The number of hydrogen-bond donors (Lipinski definition) is 3. The van der Waals surface area contributed by atoms with Gasteiger partial charge < -0.3 is 20.7 Å². The molecule has 2 aromatic heterocycles. The number of carbonyl (C=O) groups is 2. The van der Waals surface area contributed by atoms with E-state index in [1.807, 2.05) is 0 Å². The molecule has 0 atom stereocenters. The van der Waals surface area contributed by atoms with Crippen molar-refractivity contribution in [3.63, 3.8) is 0 Å². The van der Waals surface area contributed by atoms with Gasteiger partial charge in [0, 0.05) is 30.6 Å². The molecule has 3 aromatic rings. The Hall–Kier alpha value is -3.48. The minimum Gasteiger partial charge on any atom is -0.381 e. The molecule has 5 rings (SSSR count). The number of anilines is 2. The molecule has 1 aromatic carbocycles. The van der Waals surface area contributed by atoms with Gasteiger partial charge in [0.05, 0.1) is 16.9 Å². The van der Waals surface area contributed by atoms with E-state index in [1.165, 1.54) is 16.5 Å². The highest BCUT2D eigenvalue weighted by Crippen LogP contribution is 2.36. The Kier molecular flexibility index (Phi) is 5.30. The molecule has 0 unspecified atom stereocenters. The monoisotopic (exact) mass is 491 g/mol. The van der Waals surface area contributed by atoms with E-state index in [1.54, 1.807) is 30.7 Å². The fourth-order valence-electron chi connectivity index (χ4n) is 4.01. The van der Waals surface area contributed by atoms with Crippen LogP contribution >= 0.6 is 11.9 Å². The number of nitrogens with zero attached hydrogens (tertiary/aromatic N) is 4. The van der Waals surface area contributed by atoms with Crippen molar-refractivity contribution in [1.29, 1.82) is 0 Å². The van der Waals surface area contributed by atoms with E-state index in [4.69, 9.17) is 5.73 Å². The topological polar surface area (TPSA) is 118 Å². The Morgan fingerprint density at radius 2 is 2.09 bits per heavy atom. The van der Waals surface area contributed by atoms with Gasteiger partial charge >= 0.3 is 6.18 Å². The second kappa shape index (κ2) is 8.08. The van der Waals surface area contributed by atoms with Crippen molar-refractivity contribution in [3.8, 4) is 11.3 Å². The van der Waals surface area contributed by atoms with Crippen LogP contribution in [0.25, 0.3) is 16.9 Å². The number of benzene rings is 1. The van der Waals surface area contributed by atoms with Crippen molar-refractivity contribution in [2.45, 2.75) is 31.6 Å². The molecule has 3 heterocycles. The first-order valence-corrected chi connectivity index (χ1v) is 11.6. The molecule has 1 aliphatic carbocycles. The maximum Gasteiger partial charge on any atom is 0.406 e. The number of alkyl halides is 3. The molecule has 0 bridgehead atoms. The highest BCUT2D eigenvalue weighted by molar-refractivity contribution is 7.99. The van der Waals surface area contributed by atoms with E-state index < -0.39 is 18.6 Å². The van der Waals surface area contributed by atoms with Crippen LogP contribution in [-0.2, 0) is 6.54 Å². The molecule has 13 heteroatoms. The van der Waals surface area contributed by atoms with Crippen molar-refractivity contribution >= 4 is 40.9 Å². The lowest BCUT2D eigenvalue weighted by atomic mass is 10.0. The Balaban J connectivity index is 1.56. The van der Waals surface area contributed by atoms with E-state index in [0.717, 1.165) is 17.7 Å². The number of nitrogens with one attached hydrogen (secondary N) is 2. The number of carbonyl (C=O) groups excluding carboxylic acids is 2. The van der Waals surface area contributed by atoms with Crippen LogP contribution in [0.5, 0.6) is 0 Å². The summed E-state index contributed by atoms with van der Waals surface area (Å²) in [6.07, 6.45) is 0.676. The van der Waals surface area contributed by atoms with Gasteiger partial charge in [0.1, 0.15) is 12.1 Å². The Bertz CT molecular complexity index is 1320. The largest absolute Gasteiger partial charge is 0.406 e. The highest BCUT2D eigenvalue weighted by Gasteiger charge is 2.39. The van der Waals surface area contributed by atoms with Crippen LogP contribution in [0.1, 0.15) is 39.1 Å². The molecular formula is C21H20F3N7O2S. The first-order valence-electron chi connectivity index (χ1n) is 10.4. The lowest BCUT2D eigenvalue weighted by molar-refractivity contribution is -0.140. The van der Waals surface area contributed by atoms with E-state index in [0.29, 0.717) is 22.5 Å². The number of amides is 2. The zero-order chi connectivity index (χ0) is 24.2. The number of hydrogen-bond acceptors (Lipinski definition) is 7. The molecule has 0 radical (unpaired) electrons. The molecular weight excluding hydrogens is 471 g/mol. The van der Waals surface area contributed by atoms with E-state index in [9.17, 15) is 22.8 Å². The number of halogens is 3. The Morgan fingerprint density at radius 3 is 2.76 bits per heavy atom. The van der Waals surface area contributed by atoms with Gasteiger partial charge in [0.2, 0.25) is 0 Å². The van der Waals surface area contributed by atoms with Gasteiger partial charge in [-0.2, -0.15) is 13.2 Å². The lowest BCUT2D eigenvalue weighted by Gasteiger charge is -2.17. The molecule has 1 fully saturated rings. The predicted octanol–water partition coefficient (Wildman–Crippen LogP) is 3.08. The number of aromatic nitrogens is 3. The van der Waals surface area contributed by atoms with Crippen LogP contribution in [0.4, 0.5) is 24.7 Å². The van der Waals surface area contributed by atoms with Crippen LogP contribution in [-0.4, -0.2) is 56.3 Å². The van der Waals surface area contributed by atoms with Crippen molar-refractivity contribution in [2.75, 3.05) is 23.3 Å². The van der Waals surface area contributed by atoms with E-state index >= 15 is 0 Å². The summed E-state index contributed by atoms with van der Waals surface area (Å²) < 4.78 is 43.3. The quantitative estimate of drug-likeness (QED) is 0.454. The zero-order valence-electron chi connectivity index (χ0n) is 17.9. The van der Waals surface area contributed by atoms with E-state index in [2.05, 4.69) is 20.1 Å². The first kappa shape index (κ1) is 22.3. The second-order valence-corrected chi connectivity index (χ2v) is 8.84. The van der Waals surface area contributed by atoms with Gasteiger partial charge in [0.25, 0.3) is 11.8 Å². The van der Waals surface area contributed by atoms with Gasteiger partial charge in [-0.1, -0.05) is 11.9 Å². The van der Waals surface area contributed by atoms with Crippen LogP contribution in [0.15, 0.2) is 24.4 Å². The van der Waals surface area contributed by atoms with Crippen molar-refractivity contribution < 1.29 is 22.8 Å². The van der Waals surface area contributed by atoms with Gasteiger partial charge in [0.15, 0.2) is 11.5 Å². The number of fused-ring (bicyclic) bond motifs is 2. The number of nitrogen functional groups attached to an aromatic ring is 1. The van der Waals surface area contributed by atoms with Gasteiger partial charge in [-0.05, 0) is 36.6 Å². The average molecular weight is 491 g/mol. The summed E-state index contributed by atoms with van der Waals surface area (Å²) in [5, 5.41) is 7.03. The number of rotatable bonds is 6. The molecule has 1 saturated carbocycles. The molecule has 2 amide bonds. The summed E-state index contributed by atoms with van der Waals surface area (Å²) >= 11 is 1.22. The summed E-state index contributed by atoms with van der Waals surface area (Å²) in [4.78, 5) is 30.7. The van der Waals surface area contributed by atoms with E-state index in [-0.39, 0.29) is 41.1 Å². The minimum absolute atomic E-state index is 0.0508. The standard InChI is InChI=1S/C21H20F3N7O2S/c1-34-29-14-7-10(6-11-8-30(9-21(22,23)24)20(33)15(11)14)13-4-5-31-18(27-13)16(17(25)28-31)19(32)26-12-2-3-12/h4-7,12,29H,2-3,8-9H2,1H3,(H2,25,28)(H,26,32). The number of nitrogens with two attached hydrogens (primary N) is 1. The van der Waals surface area contributed by atoms with Crippen LogP contribution in [0.2, 0.25) is 0 Å². The van der Waals surface area contributed by atoms with Crippen LogP contribution < -0.4 is 15.8 Å². The van der Waals surface area contributed by atoms with Crippen LogP contribution in [0, 0.1) is 0 Å². The summed E-state index contributed by atoms with van der Waals surface area (Å²) in [5.74, 6) is -0.983. The predicted molar refractivity (Wildman–Crippen MR) is 121 cm³/mol. The molecule has 4 N–H and O–H groups in total. The summed E-state index contributed by atoms with van der Waals surface area (Å²) in [6, 6.07) is 5.10. The Morgan fingerprint density at radius 1 is 1.32 bits per heavy atom. The zero-order valence-corrected chi connectivity index (χ0v) is 18.8. The molecule has 0 saturated heterocycles. The van der Waals surface area contributed by atoms with Crippen molar-refractivity contribution in [3.05, 3.63) is 41.1 Å². The Labute approximate surface area is 196 Å². The summed E-state index contributed by atoms with van der Waals surface area (Å²) in [7, 11) is 0. The minimum atomic E-state index is -4.50. The molecule has 2 aliphatic rings. The molecule has 178 valence electrons. The molecule has 1 aliphatic heterocycles. The lowest BCUT2D eigenvalue weighted by Crippen LogP contribution is -2.34. The van der Waals surface area contributed by atoms with Gasteiger partial charge in [-0.3, -0.25) is 9.59 Å². The van der Waals surface area contributed by atoms with Gasteiger partial charge in [-0.25, -0.2) is 9.50 Å². The van der Waals surface area contributed by atoms with Gasteiger partial charge in [-0.15, -0.1) is 5.10 Å². The second-order valence-electron chi connectivity index (χ2n) is 8.23. The molecule has 34 heavy (non-hydrogen) atoms. The highest BCUT2D eigenvalue weighted by atomic mass is 32.2. The fourth-order valence-corrected chi connectivity index (χ4v) is 4.39. The summed E-state index contributed by atoms with van der Waals surface area (Å²) in [6.45, 7) is -1.49. The average Bonchev–Trinajstić information content (AvgIpc) is 3.42. The maximum absolute atomic E-state index is 13.0. The fraction of sp³-hybridized carbons (Fsp3) is 0.333. The third kappa shape index (κ3) is 4.11. The maximum atomic E-state index is 13.0. The smallest absolute Gasteiger partial charge is 0.381 e. The third-order valence-electron chi connectivity index (χ3n) is 5.61. The normalized spacial score (nSPS) is 15.6. The molecule has 9 nitrogen and oxygen atoms in total. The van der Waals surface area contributed by atoms with Crippen LogP contribution in [0.3, 0.4) is 0 Å². The third-order valence-corrected chi connectivity index (χ3v) is 6.04. The SMILES string of the molecule is CSNc1cc(-c2ccn3nc(N)c(C(=O)NC4CC4)c3n2)cc2c1C(=O)N(CC(F)(F)F)C2. The molecule has 0 spiro atoms. The van der Waals surface area contributed by atoms with Crippen molar-refractivity contribution in [2.24, 2.45) is 0 Å². The van der Waals surface area contributed by atoms with Crippen molar-refractivity contribution in [1.82, 2.24) is 24.8 Å². The first-order chi connectivity index (χ1) is 16.1.